The molecule has 10 heteroatoms. The first-order valence-corrected chi connectivity index (χ1v) is 11.7. The van der Waals surface area contributed by atoms with Crippen LogP contribution in [0.15, 0.2) is 52.3 Å². The zero-order valence-corrected chi connectivity index (χ0v) is 17.8. The van der Waals surface area contributed by atoms with Crippen molar-refractivity contribution < 1.29 is 18.0 Å². The molecule has 0 spiro atoms. The molecule has 31 heavy (non-hydrogen) atoms. The highest BCUT2D eigenvalue weighted by Gasteiger charge is 2.27. The zero-order chi connectivity index (χ0) is 22.0. The summed E-state index contributed by atoms with van der Waals surface area (Å²) in [6, 6.07) is 9.34. The average Bonchev–Trinajstić information content (AvgIpc) is 3.42. The van der Waals surface area contributed by atoms with Crippen LogP contribution in [0.1, 0.15) is 25.7 Å². The molecule has 0 saturated carbocycles. The zero-order valence-electron chi connectivity index (χ0n) is 17.0. The first-order chi connectivity index (χ1) is 14.8. The average molecular weight is 445 g/mol. The smallest absolute Gasteiger partial charge is 0.251 e. The topological polar surface area (TPSA) is 109 Å². The molecule has 0 atom stereocenters. The summed E-state index contributed by atoms with van der Waals surface area (Å²) in [5.41, 5.74) is 0.837. The second-order valence-corrected chi connectivity index (χ2v) is 9.62. The van der Waals surface area contributed by atoms with E-state index in [2.05, 4.69) is 5.32 Å². The Morgan fingerprint density at radius 3 is 2.29 bits per heavy atom. The van der Waals surface area contributed by atoms with E-state index < -0.39 is 21.5 Å². The van der Waals surface area contributed by atoms with Crippen molar-refractivity contribution in [3.05, 3.63) is 52.9 Å². The molecular weight excluding hydrogens is 420 g/mol. The molecule has 1 aromatic heterocycles. The Balaban J connectivity index is 1.45. The first kappa shape index (κ1) is 21.3. The number of amides is 2. The summed E-state index contributed by atoms with van der Waals surface area (Å²) in [6.07, 6.45) is 4.22. The SMILES string of the molecule is O=C(Cn1cc(S(=O)(=O)N2CCCC2)ccc1=O)Nc1ccc(N2CCCC2=O)cc1. The standard InChI is InChI=1S/C21H24N4O5S/c26-19(22-16-5-7-17(8-6-16)25-13-3-4-21(25)28)15-23-14-18(9-10-20(23)27)31(29,30)24-11-1-2-12-24/h5-10,14H,1-4,11-13,15H2,(H,22,26). The second-order valence-electron chi connectivity index (χ2n) is 7.69. The van der Waals surface area contributed by atoms with Gasteiger partial charge in [0.1, 0.15) is 6.54 Å². The minimum Gasteiger partial charge on any atom is -0.325 e. The molecule has 3 heterocycles. The van der Waals surface area contributed by atoms with Crippen molar-refractivity contribution in [3.8, 4) is 0 Å². The van der Waals surface area contributed by atoms with Crippen LogP contribution in [0.25, 0.3) is 0 Å². The number of carbonyl (C=O) groups excluding carboxylic acids is 2. The van der Waals surface area contributed by atoms with Crippen LogP contribution in [0.2, 0.25) is 0 Å². The minimum atomic E-state index is -3.68. The maximum absolute atomic E-state index is 12.7. The number of anilines is 2. The Morgan fingerprint density at radius 2 is 1.65 bits per heavy atom. The Morgan fingerprint density at radius 1 is 0.935 bits per heavy atom. The third-order valence-corrected chi connectivity index (χ3v) is 7.39. The van der Waals surface area contributed by atoms with Gasteiger partial charge < -0.3 is 14.8 Å². The Kier molecular flexibility index (Phi) is 5.92. The lowest BCUT2D eigenvalue weighted by atomic mass is 10.2. The van der Waals surface area contributed by atoms with Crippen molar-refractivity contribution in [2.75, 3.05) is 29.9 Å². The number of rotatable bonds is 6. The highest BCUT2D eigenvalue weighted by atomic mass is 32.2. The number of nitrogens with zero attached hydrogens (tertiary/aromatic N) is 3. The number of hydrogen-bond acceptors (Lipinski definition) is 5. The molecule has 0 bridgehead atoms. The maximum atomic E-state index is 12.7. The predicted octanol–water partition coefficient (Wildman–Crippen LogP) is 1.40. The molecule has 164 valence electrons. The van der Waals surface area contributed by atoms with Crippen molar-refractivity contribution in [2.45, 2.75) is 37.1 Å². The van der Waals surface area contributed by atoms with Crippen molar-refractivity contribution in [2.24, 2.45) is 0 Å². The Labute approximate surface area is 180 Å². The monoisotopic (exact) mass is 444 g/mol. The minimum absolute atomic E-state index is 0.00133. The molecule has 9 nitrogen and oxygen atoms in total. The molecule has 2 amide bonds. The lowest BCUT2D eigenvalue weighted by Crippen LogP contribution is -2.31. The molecule has 2 fully saturated rings. The molecule has 4 rings (SSSR count). The Bertz CT molecular complexity index is 1150. The van der Waals surface area contributed by atoms with E-state index in [0.29, 0.717) is 31.7 Å². The van der Waals surface area contributed by atoms with Crippen LogP contribution in [0.4, 0.5) is 11.4 Å². The van der Waals surface area contributed by atoms with E-state index in [9.17, 15) is 22.8 Å². The van der Waals surface area contributed by atoms with Crippen LogP contribution in [-0.2, 0) is 26.2 Å². The summed E-state index contributed by atoms with van der Waals surface area (Å²) in [7, 11) is -3.68. The highest BCUT2D eigenvalue weighted by molar-refractivity contribution is 7.89. The van der Waals surface area contributed by atoms with Gasteiger partial charge in [0.2, 0.25) is 21.8 Å². The fraction of sp³-hybridized carbons (Fsp3) is 0.381. The molecule has 2 saturated heterocycles. The molecule has 2 aromatic rings. The molecular formula is C21H24N4O5S. The van der Waals surface area contributed by atoms with Gasteiger partial charge in [-0.15, -0.1) is 0 Å². The molecule has 1 aromatic carbocycles. The predicted molar refractivity (Wildman–Crippen MR) is 115 cm³/mol. The fourth-order valence-electron chi connectivity index (χ4n) is 3.86. The number of nitrogens with one attached hydrogen (secondary N) is 1. The van der Waals surface area contributed by atoms with Gasteiger partial charge in [-0.05, 0) is 49.6 Å². The van der Waals surface area contributed by atoms with E-state index >= 15 is 0 Å². The van der Waals surface area contributed by atoms with Crippen LogP contribution in [-0.4, -0.2) is 48.7 Å². The number of carbonyl (C=O) groups is 2. The van der Waals surface area contributed by atoms with Gasteiger partial charge in [-0.2, -0.15) is 4.31 Å². The van der Waals surface area contributed by atoms with Gasteiger partial charge >= 0.3 is 0 Å². The molecule has 0 aliphatic carbocycles. The molecule has 2 aliphatic heterocycles. The number of benzene rings is 1. The lowest BCUT2D eigenvalue weighted by molar-refractivity contribution is -0.117. The number of pyridine rings is 1. The number of sulfonamides is 1. The second kappa shape index (κ2) is 8.64. The summed E-state index contributed by atoms with van der Waals surface area (Å²) >= 11 is 0. The van der Waals surface area contributed by atoms with E-state index in [4.69, 9.17) is 0 Å². The summed E-state index contributed by atoms with van der Waals surface area (Å²) in [4.78, 5) is 38.2. The van der Waals surface area contributed by atoms with Gasteiger partial charge in [-0.25, -0.2) is 8.42 Å². The summed E-state index contributed by atoms with van der Waals surface area (Å²) in [5.74, 6) is -0.372. The van der Waals surface area contributed by atoms with Crippen LogP contribution in [0.5, 0.6) is 0 Å². The van der Waals surface area contributed by atoms with Gasteiger partial charge in [0, 0.05) is 49.7 Å². The van der Waals surface area contributed by atoms with Crippen molar-refractivity contribution >= 4 is 33.2 Å². The number of hydrogen-bond donors (Lipinski definition) is 1. The van der Waals surface area contributed by atoms with E-state index in [1.54, 1.807) is 29.2 Å². The first-order valence-electron chi connectivity index (χ1n) is 10.3. The van der Waals surface area contributed by atoms with Gasteiger partial charge in [0.25, 0.3) is 5.56 Å². The van der Waals surface area contributed by atoms with Crippen LogP contribution in [0.3, 0.4) is 0 Å². The van der Waals surface area contributed by atoms with Gasteiger partial charge in [-0.1, -0.05) is 0 Å². The third kappa shape index (κ3) is 4.54. The van der Waals surface area contributed by atoms with Crippen LogP contribution >= 0.6 is 0 Å². The van der Waals surface area contributed by atoms with E-state index in [1.807, 2.05) is 0 Å². The largest absolute Gasteiger partial charge is 0.325 e. The van der Waals surface area contributed by atoms with Crippen molar-refractivity contribution in [1.82, 2.24) is 8.87 Å². The normalized spacial score (nSPS) is 17.3. The fourth-order valence-corrected chi connectivity index (χ4v) is 5.40. The Hall–Kier alpha value is -2.98. The van der Waals surface area contributed by atoms with Gasteiger partial charge in [0.15, 0.2) is 0 Å². The lowest BCUT2D eigenvalue weighted by Gasteiger charge is -2.17. The maximum Gasteiger partial charge on any atom is 0.251 e. The van der Waals surface area contributed by atoms with E-state index in [0.717, 1.165) is 35.6 Å². The van der Waals surface area contributed by atoms with Gasteiger partial charge in [0.05, 0.1) is 4.90 Å². The highest BCUT2D eigenvalue weighted by Crippen LogP contribution is 2.23. The summed E-state index contributed by atoms with van der Waals surface area (Å²) in [6.45, 7) is 1.29. The van der Waals surface area contributed by atoms with Crippen molar-refractivity contribution in [1.29, 1.82) is 0 Å². The number of aromatic nitrogens is 1. The quantitative estimate of drug-likeness (QED) is 0.724. The molecule has 0 unspecified atom stereocenters. The third-order valence-electron chi connectivity index (χ3n) is 5.51. The molecule has 0 radical (unpaired) electrons. The summed E-state index contributed by atoms with van der Waals surface area (Å²) in [5, 5.41) is 2.70. The van der Waals surface area contributed by atoms with Crippen LogP contribution in [0, 0.1) is 0 Å². The molecule has 1 N–H and O–H groups in total. The summed E-state index contributed by atoms with van der Waals surface area (Å²) < 4.78 is 27.9. The van der Waals surface area contributed by atoms with Gasteiger partial charge in [-0.3, -0.25) is 14.4 Å². The molecule has 2 aliphatic rings. The van der Waals surface area contributed by atoms with Crippen molar-refractivity contribution in [3.63, 3.8) is 0 Å². The van der Waals surface area contributed by atoms with Crippen LogP contribution < -0.4 is 15.8 Å². The van der Waals surface area contributed by atoms with E-state index in [1.165, 1.54) is 16.6 Å². The van der Waals surface area contributed by atoms with E-state index in [-0.39, 0.29) is 17.3 Å².